The van der Waals surface area contributed by atoms with Crippen LogP contribution in [0, 0.1) is 18.7 Å². The van der Waals surface area contributed by atoms with Gasteiger partial charge in [-0.25, -0.2) is 9.07 Å². The maximum absolute atomic E-state index is 13.0. The minimum absolute atomic E-state index is 0. The van der Waals surface area contributed by atoms with Crippen LogP contribution < -0.4 is 11.1 Å². The Morgan fingerprint density at radius 1 is 1.43 bits per heavy atom. The fourth-order valence-electron chi connectivity index (χ4n) is 2.59. The molecule has 0 aliphatic heterocycles. The first kappa shape index (κ1) is 17.4. The van der Waals surface area contributed by atoms with E-state index in [1.165, 1.54) is 18.3 Å². The molecule has 1 aliphatic rings. The summed E-state index contributed by atoms with van der Waals surface area (Å²) in [6.07, 6.45) is 3.78. The highest BCUT2D eigenvalue weighted by atomic mass is 35.5. The van der Waals surface area contributed by atoms with E-state index in [-0.39, 0.29) is 30.2 Å². The third kappa shape index (κ3) is 3.71. The molecule has 3 N–H and O–H groups in total. The monoisotopic (exact) mass is 338 g/mol. The quantitative estimate of drug-likeness (QED) is 0.878. The highest BCUT2D eigenvalue weighted by Crippen LogP contribution is 2.32. The molecular weight excluding hydrogens is 319 g/mol. The van der Waals surface area contributed by atoms with Gasteiger partial charge < -0.3 is 11.1 Å². The Morgan fingerprint density at radius 3 is 2.65 bits per heavy atom. The second-order valence-electron chi connectivity index (χ2n) is 5.68. The zero-order valence-corrected chi connectivity index (χ0v) is 13.6. The number of carbonyl (C=O) groups excluding carboxylic acids is 1. The van der Waals surface area contributed by atoms with Crippen molar-refractivity contribution in [2.24, 2.45) is 11.7 Å². The topological polar surface area (TPSA) is 72.9 Å². The molecule has 1 heterocycles. The number of nitrogens with zero attached hydrogens (tertiary/aromatic N) is 2. The van der Waals surface area contributed by atoms with Crippen LogP contribution in [0.3, 0.4) is 0 Å². The van der Waals surface area contributed by atoms with E-state index in [2.05, 4.69) is 10.4 Å². The molecule has 0 bridgehead atoms. The fraction of sp³-hybridized carbons (Fsp3) is 0.375. The molecule has 5 nitrogen and oxygen atoms in total. The van der Waals surface area contributed by atoms with Crippen molar-refractivity contribution < 1.29 is 9.18 Å². The van der Waals surface area contributed by atoms with Crippen molar-refractivity contribution >= 4 is 18.3 Å². The molecule has 1 unspecified atom stereocenters. The SMILES string of the molecule is Cc1c(C(=O)NC(CN)C2CC2)cnn1-c1ccc(F)cc1.Cl. The lowest BCUT2D eigenvalue weighted by Gasteiger charge is -2.15. The molecule has 1 amide bonds. The highest BCUT2D eigenvalue weighted by molar-refractivity contribution is 5.95. The van der Waals surface area contributed by atoms with Gasteiger partial charge in [0, 0.05) is 12.6 Å². The molecule has 0 saturated heterocycles. The highest BCUT2D eigenvalue weighted by Gasteiger charge is 2.32. The molecule has 1 aliphatic carbocycles. The molecule has 1 aromatic heterocycles. The third-order valence-electron chi connectivity index (χ3n) is 4.09. The fourth-order valence-corrected chi connectivity index (χ4v) is 2.59. The molecule has 0 radical (unpaired) electrons. The van der Waals surface area contributed by atoms with Crippen LogP contribution in [0.5, 0.6) is 0 Å². The Hall–Kier alpha value is -1.92. The summed E-state index contributed by atoms with van der Waals surface area (Å²) in [5.74, 6) is 0.0383. The second kappa shape index (κ2) is 7.10. The van der Waals surface area contributed by atoms with Gasteiger partial charge in [0.05, 0.1) is 23.1 Å². The molecular formula is C16H20ClFN4O. The van der Waals surface area contributed by atoms with Crippen LogP contribution in [-0.2, 0) is 0 Å². The van der Waals surface area contributed by atoms with Crippen molar-refractivity contribution in [3.05, 3.63) is 47.5 Å². The van der Waals surface area contributed by atoms with Gasteiger partial charge in [0.15, 0.2) is 0 Å². The van der Waals surface area contributed by atoms with Crippen LogP contribution in [0.4, 0.5) is 4.39 Å². The average molecular weight is 339 g/mol. The third-order valence-corrected chi connectivity index (χ3v) is 4.09. The summed E-state index contributed by atoms with van der Waals surface area (Å²) in [4.78, 5) is 12.4. The van der Waals surface area contributed by atoms with Crippen molar-refractivity contribution in [2.75, 3.05) is 6.54 Å². The van der Waals surface area contributed by atoms with Crippen LogP contribution in [0.1, 0.15) is 28.9 Å². The average Bonchev–Trinajstić information content (AvgIpc) is 3.28. The standard InChI is InChI=1S/C16H19FN4O.ClH/c1-10-14(16(22)20-15(8-18)11-2-3-11)9-19-21(10)13-6-4-12(17)5-7-13;/h4-7,9,11,15H,2-3,8,18H2,1H3,(H,20,22);1H. The van der Waals surface area contributed by atoms with Gasteiger partial charge in [0.2, 0.25) is 0 Å². The van der Waals surface area contributed by atoms with Gasteiger partial charge in [0.1, 0.15) is 5.82 Å². The first-order chi connectivity index (χ1) is 10.6. The Labute approximate surface area is 140 Å². The second-order valence-corrected chi connectivity index (χ2v) is 5.68. The molecule has 1 atom stereocenters. The normalized spacial score (nSPS) is 14.9. The van der Waals surface area contributed by atoms with Crippen LogP contribution in [-0.4, -0.2) is 28.3 Å². The molecule has 1 fully saturated rings. The Kier molecular flexibility index (Phi) is 5.38. The summed E-state index contributed by atoms with van der Waals surface area (Å²) in [5.41, 5.74) is 7.67. The summed E-state index contributed by atoms with van der Waals surface area (Å²) >= 11 is 0. The molecule has 3 rings (SSSR count). The van der Waals surface area contributed by atoms with Gasteiger partial charge in [-0.2, -0.15) is 5.10 Å². The van der Waals surface area contributed by atoms with E-state index in [0.29, 0.717) is 18.0 Å². The van der Waals surface area contributed by atoms with Crippen LogP contribution in [0.15, 0.2) is 30.5 Å². The van der Waals surface area contributed by atoms with Crippen molar-refractivity contribution in [1.82, 2.24) is 15.1 Å². The molecule has 1 saturated carbocycles. The number of amides is 1. The van der Waals surface area contributed by atoms with E-state index < -0.39 is 0 Å². The Bertz CT molecular complexity index is 682. The van der Waals surface area contributed by atoms with Crippen molar-refractivity contribution in [1.29, 1.82) is 0 Å². The Balaban J connectivity index is 0.00000192. The number of halogens is 2. The molecule has 23 heavy (non-hydrogen) atoms. The predicted octanol–water partition coefficient (Wildman–Crippen LogP) is 2.21. The first-order valence-corrected chi connectivity index (χ1v) is 7.41. The number of hydrogen-bond donors (Lipinski definition) is 2. The Morgan fingerprint density at radius 2 is 2.09 bits per heavy atom. The van der Waals surface area contributed by atoms with Crippen LogP contribution in [0.2, 0.25) is 0 Å². The van der Waals surface area contributed by atoms with Gasteiger partial charge in [0.25, 0.3) is 5.91 Å². The van der Waals surface area contributed by atoms with E-state index in [1.54, 1.807) is 16.8 Å². The number of benzene rings is 1. The number of nitrogens with two attached hydrogens (primary N) is 1. The summed E-state index contributed by atoms with van der Waals surface area (Å²) in [6, 6.07) is 6.02. The molecule has 124 valence electrons. The molecule has 2 aromatic rings. The number of hydrogen-bond acceptors (Lipinski definition) is 3. The molecule has 1 aromatic carbocycles. The lowest BCUT2D eigenvalue weighted by atomic mass is 10.1. The minimum Gasteiger partial charge on any atom is -0.348 e. The zero-order chi connectivity index (χ0) is 15.7. The van der Waals surface area contributed by atoms with E-state index in [4.69, 9.17) is 5.73 Å². The maximum Gasteiger partial charge on any atom is 0.255 e. The summed E-state index contributed by atoms with van der Waals surface area (Å²) in [6.45, 7) is 2.27. The molecule has 0 spiro atoms. The van der Waals surface area contributed by atoms with Crippen molar-refractivity contribution in [3.8, 4) is 5.69 Å². The van der Waals surface area contributed by atoms with Gasteiger partial charge in [-0.15, -0.1) is 12.4 Å². The van der Waals surface area contributed by atoms with Gasteiger partial charge in [-0.1, -0.05) is 0 Å². The minimum atomic E-state index is -0.304. The maximum atomic E-state index is 13.0. The van der Waals surface area contributed by atoms with E-state index in [0.717, 1.165) is 24.2 Å². The van der Waals surface area contributed by atoms with Crippen molar-refractivity contribution in [2.45, 2.75) is 25.8 Å². The summed E-state index contributed by atoms with van der Waals surface area (Å²) in [5, 5.41) is 7.21. The van der Waals surface area contributed by atoms with Gasteiger partial charge in [-0.3, -0.25) is 4.79 Å². The van der Waals surface area contributed by atoms with Crippen LogP contribution >= 0.6 is 12.4 Å². The van der Waals surface area contributed by atoms with E-state index in [1.807, 2.05) is 6.92 Å². The number of rotatable bonds is 5. The molecule has 7 heteroatoms. The number of aromatic nitrogens is 2. The smallest absolute Gasteiger partial charge is 0.255 e. The summed E-state index contributed by atoms with van der Waals surface area (Å²) in [7, 11) is 0. The first-order valence-electron chi connectivity index (χ1n) is 7.41. The van der Waals surface area contributed by atoms with Crippen LogP contribution in [0.25, 0.3) is 5.69 Å². The lowest BCUT2D eigenvalue weighted by molar-refractivity contribution is 0.0933. The zero-order valence-electron chi connectivity index (χ0n) is 12.8. The van der Waals surface area contributed by atoms with Gasteiger partial charge >= 0.3 is 0 Å². The predicted molar refractivity (Wildman–Crippen MR) is 88.5 cm³/mol. The number of nitrogens with one attached hydrogen (secondary N) is 1. The van der Waals surface area contributed by atoms with Gasteiger partial charge in [-0.05, 0) is 49.9 Å². The number of carbonyl (C=O) groups is 1. The lowest BCUT2D eigenvalue weighted by Crippen LogP contribution is -2.41. The van der Waals surface area contributed by atoms with E-state index >= 15 is 0 Å². The summed E-state index contributed by atoms with van der Waals surface area (Å²) < 4.78 is 14.6. The van der Waals surface area contributed by atoms with E-state index in [9.17, 15) is 9.18 Å². The van der Waals surface area contributed by atoms with Crippen molar-refractivity contribution in [3.63, 3.8) is 0 Å². The largest absolute Gasteiger partial charge is 0.348 e.